The zero-order chi connectivity index (χ0) is 25.7. The summed E-state index contributed by atoms with van der Waals surface area (Å²) in [7, 11) is 1.55. The van der Waals surface area contributed by atoms with Crippen molar-refractivity contribution in [2.45, 2.75) is 12.8 Å². The molecule has 3 aromatic rings. The fourth-order valence-corrected chi connectivity index (χ4v) is 4.78. The number of rotatable bonds is 8. The number of nitriles is 1. The number of nitrogens with one attached hydrogen (secondary N) is 2. The first-order valence-electron chi connectivity index (χ1n) is 10.9. The van der Waals surface area contributed by atoms with Crippen molar-refractivity contribution < 1.29 is 23.1 Å². The summed E-state index contributed by atoms with van der Waals surface area (Å²) in [6, 6.07) is 17.7. The van der Waals surface area contributed by atoms with Gasteiger partial charge in [-0.15, -0.1) is 0 Å². The van der Waals surface area contributed by atoms with Crippen LogP contribution in [-0.4, -0.2) is 24.6 Å². The average molecular weight is 504 g/mol. The van der Waals surface area contributed by atoms with Gasteiger partial charge in [-0.2, -0.15) is 5.26 Å². The Morgan fingerprint density at radius 2 is 1.89 bits per heavy atom. The lowest BCUT2D eigenvalue weighted by molar-refractivity contribution is -0.113. The third-order valence-electron chi connectivity index (χ3n) is 5.58. The number of methoxy groups -OCH3 is 1. The van der Waals surface area contributed by atoms with Crippen LogP contribution in [0, 0.1) is 17.1 Å². The van der Waals surface area contributed by atoms with Crippen LogP contribution in [0.5, 0.6) is 5.75 Å². The zero-order valence-corrected chi connectivity index (χ0v) is 20.3. The molecule has 7 nitrogen and oxygen atoms in total. The molecule has 0 bridgehead atoms. The van der Waals surface area contributed by atoms with E-state index in [1.54, 1.807) is 50.4 Å². The van der Waals surface area contributed by atoms with Gasteiger partial charge in [-0.25, -0.2) is 4.39 Å². The predicted octanol–water partition coefficient (Wildman–Crippen LogP) is 5.38. The van der Waals surface area contributed by atoms with Crippen molar-refractivity contribution in [2.75, 3.05) is 18.2 Å². The summed E-state index contributed by atoms with van der Waals surface area (Å²) < 4.78 is 24.0. The van der Waals surface area contributed by atoms with Gasteiger partial charge < -0.3 is 19.8 Å². The number of Topliss-reactive ketones (excluding diaryl/α,β-unsaturated/α-hetero) is 1. The van der Waals surface area contributed by atoms with Gasteiger partial charge in [0, 0.05) is 16.9 Å². The number of benzene rings is 2. The van der Waals surface area contributed by atoms with Crippen molar-refractivity contribution in [3.8, 4) is 11.8 Å². The maximum absolute atomic E-state index is 13.3. The minimum atomic E-state index is -0.787. The van der Waals surface area contributed by atoms with Gasteiger partial charge in [0.2, 0.25) is 0 Å². The van der Waals surface area contributed by atoms with E-state index in [0.717, 1.165) is 0 Å². The lowest BCUT2D eigenvalue weighted by atomic mass is 9.85. The Bertz CT molecular complexity index is 1370. The Morgan fingerprint density at radius 1 is 1.17 bits per heavy atom. The molecule has 4 rings (SSSR count). The van der Waals surface area contributed by atoms with E-state index in [1.807, 2.05) is 0 Å². The molecule has 1 aromatic heterocycles. The van der Waals surface area contributed by atoms with E-state index in [1.165, 1.54) is 42.3 Å². The molecule has 2 heterocycles. The van der Waals surface area contributed by atoms with Gasteiger partial charge in [-0.05, 0) is 67.6 Å². The normalized spacial score (nSPS) is 15.2. The lowest BCUT2D eigenvalue weighted by Crippen LogP contribution is -2.30. The number of nitrogens with zero attached hydrogens (tertiary/aromatic N) is 1. The van der Waals surface area contributed by atoms with Crippen LogP contribution < -0.4 is 15.4 Å². The molecule has 0 saturated heterocycles. The van der Waals surface area contributed by atoms with E-state index in [0.29, 0.717) is 33.5 Å². The van der Waals surface area contributed by atoms with Gasteiger partial charge in [-0.3, -0.25) is 9.59 Å². The van der Waals surface area contributed by atoms with Crippen molar-refractivity contribution in [1.82, 2.24) is 5.32 Å². The van der Waals surface area contributed by atoms with Crippen LogP contribution in [0.1, 0.15) is 29.0 Å². The van der Waals surface area contributed by atoms with Gasteiger partial charge in [0.15, 0.2) is 5.78 Å². The predicted molar refractivity (Wildman–Crippen MR) is 135 cm³/mol. The van der Waals surface area contributed by atoms with E-state index in [-0.39, 0.29) is 22.7 Å². The van der Waals surface area contributed by atoms with Crippen LogP contribution in [0.25, 0.3) is 0 Å². The Labute approximate surface area is 211 Å². The molecule has 0 fully saturated rings. The lowest BCUT2D eigenvalue weighted by Gasteiger charge is -2.28. The number of ketones is 1. The maximum atomic E-state index is 13.3. The summed E-state index contributed by atoms with van der Waals surface area (Å²) >= 11 is 1.18. The summed E-state index contributed by atoms with van der Waals surface area (Å²) in [6.07, 6.45) is 1.47. The molecule has 2 N–H and O–H groups in total. The summed E-state index contributed by atoms with van der Waals surface area (Å²) in [5, 5.41) is 16.4. The number of furan rings is 1. The molecule has 1 amide bonds. The molecule has 1 atom stereocenters. The minimum absolute atomic E-state index is 0.0785. The number of carbonyl (C=O) groups excluding carboxylic acids is 2. The second-order valence-electron chi connectivity index (χ2n) is 7.87. The first kappa shape index (κ1) is 24.8. The van der Waals surface area contributed by atoms with Crippen LogP contribution >= 0.6 is 11.8 Å². The highest BCUT2D eigenvalue weighted by Crippen LogP contribution is 2.41. The number of allylic oxidation sites excluding steroid dienone is 2. The first-order chi connectivity index (χ1) is 17.4. The van der Waals surface area contributed by atoms with E-state index < -0.39 is 17.6 Å². The fourth-order valence-electron chi connectivity index (χ4n) is 3.80. The third-order valence-corrected chi connectivity index (χ3v) is 6.60. The molecule has 1 aliphatic heterocycles. The van der Waals surface area contributed by atoms with Gasteiger partial charge in [0.05, 0.1) is 47.3 Å². The number of dihydropyridines is 1. The summed E-state index contributed by atoms with van der Waals surface area (Å²) in [6.45, 7) is 1.72. The fraction of sp³-hybridized carbons (Fsp3) is 0.148. The number of carbonyl (C=O) groups is 2. The number of hydrogen-bond donors (Lipinski definition) is 2. The van der Waals surface area contributed by atoms with Crippen molar-refractivity contribution >= 4 is 29.1 Å². The van der Waals surface area contributed by atoms with Crippen LogP contribution in [-0.2, 0) is 4.79 Å². The Balaban J connectivity index is 1.60. The maximum Gasteiger partial charge on any atom is 0.254 e. The molecule has 2 aromatic carbocycles. The van der Waals surface area contributed by atoms with Crippen LogP contribution in [0.2, 0.25) is 0 Å². The molecule has 182 valence electrons. The van der Waals surface area contributed by atoms with Crippen molar-refractivity contribution in [1.29, 1.82) is 5.26 Å². The Kier molecular flexibility index (Phi) is 7.56. The van der Waals surface area contributed by atoms with E-state index in [9.17, 15) is 19.2 Å². The number of anilines is 1. The molecule has 0 saturated carbocycles. The standard InChI is InChI=1S/C27H22FN3O4S/c1-16-24(26(33)31-19-9-7-18(28)8-10-19)25(23-4-3-13-35-23)21(14-29)27(30-16)36-15-22(32)17-5-11-20(34-2)12-6-17/h3-13,25,30H,15H2,1-2H3,(H,31,33). The molecule has 36 heavy (non-hydrogen) atoms. The number of halogens is 1. The van der Waals surface area contributed by atoms with E-state index in [4.69, 9.17) is 9.15 Å². The van der Waals surface area contributed by atoms with Crippen molar-refractivity contribution in [3.63, 3.8) is 0 Å². The molecular formula is C27H22FN3O4S. The summed E-state index contributed by atoms with van der Waals surface area (Å²) in [5.74, 6) is -0.645. The SMILES string of the molecule is COc1ccc(C(=O)CSC2=C(C#N)C(c3ccco3)C(C(=O)Nc3ccc(F)cc3)=C(C)N2)cc1. The number of hydrogen-bond acceptors (Lipinski definition) is 7. The molecule has 0 spiro atoms. The highest BCUT2D eigenvalue weighted by atomic mass is 32.2. The molecule has 9 heteroatoms. The Morgan fingerprint density at radius 3 is 2.50 bits per heavy atom. The molecule has 0 aliphatic carbocycles. The van der Waals surface area contributed by atoms with Crippen molar-refractivity contribution in [3.05, 3.63) is 106 Å². The monoisotopic (exact) mass is 503 g/mol. The number of thioether (sulfide) groups is 1. The Hall–Kier alpha value is -4.29. The zero-order valence-electron chi connectivity index (χ0n) is 19.5. The van der Waals surface area contributed by atoms with Gasteiger partial charge in [0.1, 0.15) is 17.3 Å². The van der Waals surface area contributed by atoms with Gasteiger partial charge in [0.25, 0.3) is 5.91 Å². The number of ether oxygens (including phenoxy) is 1. The quantitative estimate of drug-likeness (QED) is 0.398. The minimum Gasteiger partial charge on any atom is -0.497 e. The summed E-state index contributed by atoms with van der Waals surface area (Å²) in [5.41, 5.74) is 1.98. The molecule has 0 radical (unpaired) electrons. The van der Waals surface area contributed by atoms with Crippen molar-refractivity contribution in [2.24, 2.45) is 0 Å². The van der Waals surface area contributed by atoms with Gasteiger partial charge >= 0.3 is 0 Å². The van der Waals surface area contributed by atoms with E-state index in [2.05, 4.69) is 16.7 Å². The second kappa shape index (κ2) is 11.0. The topological polar surface area (TPSA) is 104 Å². The molecule has 1 aliphatic rings. The largest absolute Gasteiger partial charge is 0.497 e. The average Bonchev–Trinajstić information content (AvgIpc) is 3.43. The highest BCUT2D eigenvalue weighted by Gasteiger charge is 2.36. The highest BCUT2D eigenvalue weighted by molar-refractivity contribution is 8.03. The van der Waals surface area contributed by atoms with Crippen LogP contribution in [0.3, 0.4) is 0 Å². The summed E-state index contributed by atoms with van der Waals surface area (Å²) in [4.78, 5) is 26.0. The van der Waals surface area contributed by atoms with E-state index >= 15 is 0 Å². The van der Waals surface area contributed by atoms with Gasteiger partial charge in [-0.1, -0.05) is 11.8 Å². The first-order valence-corrected chi connectivity index (χ1v) is 11.9. The van der Waals surface area contributed by atoms with Crippen LogP contribution in [0.4, 0.5) is 10.1 Å². The molecule has 1 unspecified atom stereocenters. The smallest absolute Gasteiger partial charge is 0.254 e. The van der Waals surface area contributed by atoms with Crippen LogP contribution in [0.15, 0.2) is 93.2 Å². The molecular weight excluding hydrogens is 481 g/mol. The third kappa shape index (κ3) is 5.34. The number of amides is 1. The second-order valence-corrected chi connectivity index (χ2v) is 8.85.